The van der Waals surface area contributed by atoms with Crippen LogP contribution in [0.2, 0.25) is 0 Å². The van der Waals surface area contributed by atoms with Crippen LogP contribution in [0.5, 0.6) is 0 Å². The maximum absolute atomic E-state index is 13.5. The van der Waals surface area contributed by atoms with Crippen molar-refractivity contribution in [2.75, 3.05) is 19.6 Å². The van der Waals surface area contributed by atoms with Gasteiger partial charge < -0.3 is 4.90 Å². The third-order valence-corrected chi connectivity index (χ3v) is 6.93. The van der Waals surface area contributed by atoms with E-state index in [2.05, 4.69) is 53.4 Å². The van der Waals surface area contributed by atoms with Crippen molar-refractivity contribution in [1.82, 2.24) is 19.7 Å². The first-order valence-corrected chi connectivity index (χ1v) is 11.6. The van der Waals surface area contributed by atoms with Gasteiger partial charge in [0, 0.05) is 19.8 Å². The second kappa shape index (κ2) is 10.3. The van der Waals surface area contributed by atoms with Crippen LogP contribution in [0, 0.1) is 5.82 Å². The number of aryl methyl sites for hydroxylation is 1. The lowest BCUT2D eigenvalue weighted by Gasteiger charge is -2.40. The summed E-state index contributed by atoms with van der Waals surface area (Å²) < 4.78 is 15.4. The largest absolute Gasteiger partial charge is 0.303 e. The molecular weight excluding hydrogens is 423 g/mol. The summed E-state index contributed by atoms with van der Waals surface area (Å²) in [5, 5.41) is 4.96. The van der Waals surface area contributed by atoms with E-state index in [1.165, 1.54) is 17.7 Å². The molecule has 5 rings (SSSR count). The Balaban J connectivity index is 0.00000274. The van der Waals surface area contributed by atoms with E-state index in [9.17, 15) is 4.39 Å². The van der Waals surface area contributed by atoms with Crippen molar-refractivity contribution in [2.45, 2.75) is 32.1 Å². The number of hydrogen-bond donors (Lipinski definition) is 0. The van der Waals surface area contributed by atoms with Gasteiger partial charge in [0.2, 0.25) is 0 Å². The van der Waals surface area contributed by atoms with E-state index in [1.807, 2.05) is 36.1 Å². The molecule has 0 N–H and O–H groups in total. The number of piperidine rings is 1. The first-order chi connectivity index (χ1) is 16.1. The first-order valence-electron chi connectivity index (χ1n) is 11.6. The van der Waals surface area contributed by atoms with Crippen molar-refractivity contribution < 1.29 is 4.39 Å². The SMILES string of the molecule is C.Cn1nc(C2(c3ccccn3)CCN(CCc3ccccc3)CC2)cc1-c1ccc(F)cc1. The van der Waals surface area contributed by atoms with Crippen LogP contribution in [0.1, 0.15) is 37.2 Å². The summed E-state index contributed by atoms with van der Waals surface area (Å²) in [5.41, 5.74) is 5.25. The lowest BCUT2D eigenvalue weighted by Crippen LogP contribution is -2.44. The minimum absolute atomic E-state index is 0. The van der Waals surface area contributed by atoms with E-state index in [0.717, 1.165) is 61.5 Å². The highest BCUT2D eigenvalue weighted by Gasteiger charge is 2.41. The Morgan fingerprint density at radius 1 is 0.882 bits per heavy atom. The number of pyridine rings is 1. The maximum atomic E-state index is 13.5. The van der Waals surface area contributed by atoms with Crippen molar-refractivity contribution >= 4 is 0 Å². The normalized spacial score (nSPS) is 15.6. The third-order valence-electron chi connectivity index (χ3n) is 6.93. The van der Waals surface area contributed by atoms with Crippen LogP contribution in [0.25, 0.3) is 11.3 Å². The van der Waals surface area contributed by atoms with E-state index in [1.54, 1.807) is 0 Å². The number of likely N-dealkylation sites (tertiary alicyclic amines) is 1. The first kappa shape index (κ1) is 23.8. The van der Waals surface area contributed by atoms with Gasteiger partial charge in [0.25, 0.3) is 0 Å². The van der Waals surface area contributed by atoms with Crippen LogP contribution < -0.4 is 0 Å². The van der Waals surface area contributed by atoms with E-state index >= 15 is 0 Å². The molecule has 0 atom stereocenters. The van der Waals surface area contributed by atoms with Gasteiger partial charge >= 0.3 is 0 Å². The second-order valence-electron chi connectivity index (χ2n) is 8.92. The summed E-state index contributed by atoms with van der Waals surface area (Å²) in [6.07, 6.45) is 4.88. The van der Waals surface area contributed by atoms with Crippen molar-refractivity contribution in [1.29, 1.82) is 0 Å². The van der Waals surface area contributed by atoms with Gasteiger partial charge in [-0.2, -0.15) is 5.10 Å². The molecule has 0 radical (unpaired) electrons. The predicted octanol–water partition coefficient (Wildman–Crippen LogP) is 5.88. The standard InChI is InChI=1S/C28H29FN4.CH4/c1-32-25(23-10-12-24(29)13-11-23)21-27(31-32)28(26-9-5-6-17-30-26)15-19-33(20-16-28)18-14-22-7-3-2-4-8-22;/h2-13,17,21H,14-16,18-20H2,1H3;1H4. The summed E-state index contributed by atoms with van der Waals surface area (Å²) in [4.78, 5) is 7.33. The molecule has 0 spiro atoms. The molecule has 2 aromatic heterocycles. The molecule has 0 bridgehead atoms. The molecular formula is C29H33FN4. The van der Waals surface area contributed by atoms with Gasteiger partial charge in [-0.15, -0.1) is 0 Å². The summed E-state index contributed by atoms with van der Waals surface area (Å²) in [5.74, 6) is -0.228. The van der Waals surface area contributed by atoms with Gasteiger partial charge in [-0.05, 0) is 85.9 Å². The Kier molecular flexibility index (Phi) is 7.23. The molecule has 2 aromatic carbocycles. The molecule has 5 heteroatoms. The van der Waals surface area contributed by atoms with Gasteiger partial charge in [0.15, 0.2) is 0 Å². The topological polar surface area (TPSA) is 34.0 Å². The molecule has 1 fully saturated rings. The van der Waals surface area contributed by atoms with Crippen molar-refractivity contribution in [3.05, 3.63) is 108 Å². The minimum Gasteiger partial charge on any atom is -0.303 e. The quantitative estimate of drug-likeness (QED) is 0.363. The Morgan fingerprint density at radius 2 is 1.59 bits per heavy atom. The average Bonchev–Trinajstić information content (AvgIpc) is 3.27. The van der Waals surface area contributed by atoms with E-state index in [-0.39, 0.29) is 18.7 Å². The van der Waals surface area contributed by atoms with Crippen molar-refractivity contribution in [3.8, 4) is 11.3 Å². The smallest absolute Gasteiger partial charge is 0.123 e. The van der Waals surface area contributed by atoms with Gasteiger partial charge in [-0.25, -0.2) is 4.39 Å². The zero-order chi connectivity index (χ0) is 22.7. The highest BCUT2D eigenvalue weighted by Crippen LogP contribution is 2.41. The fourth-order valence-electron chi connectivity index (χ4n) is 4.97. The third kappa shape index (κ3) is 4.80. The number of nitrogens with zero attached hydrogens (tertiary/aromatic N) is 4. The monoisotopic (exact) mass is 456 g/mol. The van der Waals surface area contributed by atoms with Crippen LogP contribution in [0.3, 0.4) is 0 Å². The van der Waals surface area contributed by atoms with E-state index in [4.69, 9.17) is 10.1 Å². The molecule has 0 amide bonds. The molecule has 176 valence electrons. The lowest BCUT2D eigenvalue weighted by molar-refractivity contribution is 0.176. The van der Waals surface area contributed by atoms with Gasteiger partial charge in [-0.1, -0.05) is 43.8 Å². The summed E-state index contributed by atoms with van der Waals surface area (Å²) in [7, 11) is 1.96. The molecule has 1 saturated heterocycles. The van der Waals surface area contributed by atoms with Gasteiger partial charge in [0.1, 0.15) is 5.82 Å². The Bertz CT molecular complexity index is 1180. The molecule has 0 saturated carbocycles. The van der Waals surface area contributed by atoms with Gasteiger partial charge in [0.05, 0.1) is 22.5 Å². The lowest BCUT2D eigenvalue weighted by atomic mass is 9.72. The van der Waals surface area contributed by atoms with E-state index < -0.39 is 0 Å². The van der Waals surface area contributed by atoms with Crippen LogP contribution in [0.15, 0.2) is 85.1 Å². The maximum Gasteiger partial charge on any atom is 0.123 e. The van der Waals surface area contributed by atoms with Crippen LogP contribution in [-0.2, 0) is 18.9 Å². The number of aromatic nitrogens is 3. The number of benzene rings is 2. The fraction of sp³-hybridized carbons (Fsp3) is 0.310. The number of halogens is 1. The number of rotatable bonds is 6. The molecule has 4 nitrogen and oxygen atoms in total. The Morgan fingerprint density at radius 3 is 2.26 bits per heavy atom. The molecule has 0 aliphatic carbocycles. The molecule has 0 unspecified atom stereocenters. The average molecular weight is 457 g/mol. The Hall–Kier alpha value is -3.31. The summed E-state index contributed by atoms with van der Waals surface area (Å²) >= 11 is 0. The summed E-state index contributed by atoms with van der Waals surface area (Å²) in [6.45, 7) is 3.07. The second-order valence-corrected chi connectivity index (χ2v) is 8.92. The molecule has 3 heterocycles. The summed E-state index contributed by atoms with van der Waals surface area (Å²) in [6, 6.07) is 25.7. The molecule has 1 aliphatic rings. The number of hydrogen-bond acceptors (Lipinski definition) is 3. The highest BCUT2D eigenvalue weighted by atomic mass is 19.1. The van der Waals surface area contributed by atoms with Crippen LogP contribution in [0.4, 0.5) is 4.39 Å². The van der Waals surface area contributed by atoms with Crippen LogP contribution >= 0.6 is 0 Å². The van der Waals surface area contributed by atoms with Crippen LogP contribution in [-0.4, -0.2) is 39.3 Å². The van der Waals surface area contributed by atoms with Gasteiger partial charge in [-0.3, -0.25) is 9.67 Å². The highest BCUT2D eigenvalue weighted by molar-refractivity contribution is 5.60. The van der Waals surface area contributed by atoms with Crippen molar-refractivity contribution in [3.63, 3.8) is 0 Å². The molecule has 1 aliphatic heterocycles. The Labute approximate surface area is 202 Å². The minimum atomic E-state index is -0.228. The van der Waals surface area contributed by atoms with E-state index in [0.29, 0.717) is 0 Å². The molecule has 4 aromatic rings. The molecule has 34 heavy (non-hydrogen) atoms. The fourth-order valence-corrected chi connectivity index (χ4v) is 4.97. The zero-order valence-electron chi connectivity index (χ0n) is 19.0. The van der Waals surface area contributed by atoms with Crippen molar-refractivity contribution in [2.24, 2.45) is 7.05 Å². The predicted molar refractivity (Wildman–Crippen MR) is 136 cm³/mol. The zero-order valence-corrected chi connectivity index (χ0v) is 19.0.